The molecular weight excluding hydrogens is 424 g/mol. The van der Waals surface area contributed by atoms with Crippen molar-refractivity contribution >= 4 is 23.1 Å². The molecule has 0 bridgehead atoms. The van der Waals surface area contributed by atoms with Gasteiger partial charge in [0.25, 0.3) is 5.56 Å². The molecule has 1 atom stereocenters. The standard InChI is InChI=1S/C24H29ClN6O/c25-20-6-7-23-27-21(14-24(32)31(23)17-20)18-29-9-3-4-19(16-29)15-28-10-12-30(13-11-28)22-5-1-2-8-26-22/h1-2,5-8,14,17,19H,3-4,9-13,15-16,18H2. The van der Waals surface area contributed by atoms with Crippen LogP contribution in [0.5, 0.6) is 0 Å². The lowest BCUT2D eigenvalue weighted by Crippen LogP contribution is -2.49. The number of fused-ring (bicyclic) bond motifs is 1. The van der Waals surface area contributed by atoms with Crippen molar-refractivity contribution in [1.82, 2.24) is 24.2 Å². The van der Waals surface area contributed by atoms with E-state index in [1.807, 2.05) is 12.3 Å². The topological polar surface area (TPSA) is 57.0 Å². The number of rotatable bonds is 5. The summed E-state index contributed by atoms with van der Waals surface area (Å²) in [4.78, 5) is 29.1. The zero-order valence-electron chi connectivity index (χ0n) is 18.2. The quantitative estimate of drug-likeness (QED) is 0.593. The molecule has 0 aliphatic carbocycles. The van der Waals surface area contributed by atoms with Crippen LogP contribution in [0.25, 0.3) is 5.65 Å². The third kappa shape index (κ3) is 4.95. The Morgan fingerprint density at radius 2 is 1.91 bits per heavy atom. The maximum absolute atomic E-state index is 12.5. The van der Waals surface area contributed by atoms with Crippen molar-refractivity contribution in [3.8, 4) is 0 Å². The van der Waals surface area contributed by atoms with Crippen LogP contribution in [0, 0.1) is 5.92 Å². The minimum absolute atomic E-state index is 0.0770. The summed E-state index contributed by atoms with van der Waals surface area (Å²) in [6.07, 6.45) is 5.96. The number of halogens is 1. The molecule has 0 amide bonds. The van der Waals surface area contributed by atoms with E-state index < -0.39 is 0 Å². The molecule has 0 N–H and O–H groups in total. The first kappa shape index (κ1) is 21.4. The van der Waals surface area contributed by atoms with Crippen molar-refractivity contribution in [2.45, 2.75) is 19.4 Å². The van der Waals surface area contributed by atoms with Gasteiger partial charge in [-0.1, -0.05) is 17.7 Å². The predicted molar refractivity (Wildman–Crippen MR) is 127 cm³/mol. The summed E-state index contributed by atoms with van der Waals surface area (Å²) in [5.74, 6) is 1.74. The molecule has 32 heavy (non-hydrogen) atoms. The van der Waals surface area contributed by atoms with Gasteiger partial charge in [-0.05, 0) is 49.6 Å². The Morgan fingerprint density at radius 3 is 2.72 bits per heavy atom. The van der Waals surface area contributed by atoms with Crippen LogP contribution >= 0.6 is 11.6 Å². The van der Waals surface area contributed by atoms with Crippen LogP contribution in [0.4, 0.5) is 5.82 Å². The molecular formula is C24H29ClN6O. The van der Waals surface area contributed by atoms with E-state index in [0.717, 1.165) is 63.9 Å². The van der Waals surface area contributed by atoms with Crippen molar-refractivity contribution in [3.05, 3.63) is 69.9 Å². The summed E-state index contributed by atoms with van der Waals surface area (Å²) in [5.41, 5.74) is 1.41. The lowest BCUT2D eigenvalue weighted by Gasteiger charge is -2.39. The summed E-state index contributed by atoms with van der Waals surface area (Å²) < 4.78 is 1.51. The van der Waals surface area contributed by atoms with Gasteiger partial charge in [0.2, 0.25) is 0 Å². The molecule has 8 heteroatoms. The van der Waals surface area contributed by atoms with Gasteiger partial charge in [0.05, 0.1) is 10.7 Å². The second kappa shape index (κ2) is 9.57. The van der Waals surface area contributed by atoms with E-state index in [2.05, 4.69) is 36.8 Å². The van der Waals surface area contributed by atoms with Crippen molar-refractivity contribution in [3.63, 3.8) is 0 Å². The third-order valence-corrected chi connectivity index (χ3v) is 6.75. The molecule has 2 aliphatic rings. The highest BCUT2D eigenvalue weighted by Gasteiger charge is 2.25. The molecule has 5 rings (SSSR count). The first-order valence-electron chi connectivity index (χ1n) is 11.4. The smallest absolute Gasteiger partial charge is 0.258 e. The Labute approximate surface area is 193 Å². The molecule has 168 valence electrons. The van der Waals surface area contributed by atoms with Gasteiger partial charge in [-0.25, -0.2) is 9.97 Å². The lowest BCUT2D eigenvalue weighted by molar-refractivity contribution is 0.124. The number of anilines is 1. The predicted octanol–water partition coefficient (Wildman–Crippen LogP) is 2.78. The third-order valence-electron chi connectivity index (χ3n) is 6.53. The number of nitrogens with zero attached hydrogens (tertiary/aromatic N) is 6. The molecule has 2 saturated heterocycles. The van der Waals surface area contributed by atoms with Crippen molar-refractivity contribution in [2.24, 2.45) is 5.92 Å². The molecule has 3 aromatic heterocycles. The number of piperazine rings is 1. The normalized spacial score (nSPS) is 20.7. The minimum atomic E-state index is -0.0770. The summed E-state index contributed by atoms with van der Waals surface area (Å²) in [6, 6.07) is 11.3. The highest BCUT2D eigenvalue weighted by Crippen LogP contribution is 2.21. The molecule has 5 heterocycles. The van der Waals surface area contributed by atoms with Crippen LogP contribution in [-0.4, -0.2) is 70.0 Å². The second-order valence-corrected chi connectivity index (χ2v) is 9.32. The average Bonchev–Trinajstić information content (AvgIpc) is 2.81. The van der Waals surface area contributed by atoms with E-state index in [-0.39, 0.29) is 5.56 Å². The van der Waals surface area contributed by atoms with Crippen molar-refractivity contribution < 1.29 is 0 Å². The van der Waals surface area contributed by atoms with Gasteiger partial charge >= 0.3 is 0 Å². The monoisotopic (exact) mass is 452 g/mol. The van der Waals surface area contributed by atoms with Crippen molar-refractivity contribution in [1.29, 1.82) is 0 Å². The molecule has 0 aromatic carbocycles. The van der Waals surface area contributed by atoms with Crippen LogP contribution in [0.1, 0.15) is 18.5 Å². The summed E-state index contributed by atoms with van der Waals surface area (Å²) in [5, 5.41) is 0.536. The maximum Gasteiger partial charge on any atom is 0.258 e. The SMILES string of the molecule is O=c1cc(CN2CCCC(CN3CCN(c4ccccn4)CC3)C2)nc2ccc(Cl)cn12. The Balaban J connectivity index is 1.16. The highest BCUT2D eigenvalue weighted by molar-refractivity contribution is 6.30. The number of piperidine rings is 1. The number of likely N-dealkylation sites (tertiary alicyclic amines) is 1. The largest absolute Gasteiger partial charge is 0.354 e. The molecule has 3 aromatic rings. The molecule has 0 saturated carbocycles. The molecule has 0 radical (unpaired) electrons. The highest BCUT2D eigenvalue weighted by atomic mass is 35.5. The van der Waals surface area contributed by atoms with Gasteiger partial charge in [-0.2, -0.15) is 0 Å². The van der Waals surface area contributed by atoms with E-state index in [1.165, 1.54) is 17.2 Å². The summed E-state index contributed by atoms with van der Waals surface area (Å²) in [7, 11) is 0. The average molecular weight is 453 g/mol. The number of aromatic nitrogens is 3. The van der Waals surface area contributed by atoms with Gasteiger partial charge < -0.3 is 4.90 Å². The first-order valence-corrected chi connectivity index (χ1v) is 11.8. The Kier molecular flexibility index (Phi) is 6.39. The molecule has 1 unspecified atom stereocenters. The zero-order valence-corrected chi connectivity index (χ0v) is 19.0. The van der Waals surface area contributed by atoms with Crippen LogP contribution in [0.3, 0.4) is 0 Å². The van der Waals surface area contributed by atoms with Crippen LogP contribution in [0.15, 0.2) is 53.6 Å². The minimum Gasteiger partial charge on any atom is -0.354 e. The van der Waals surface area contributed by atoms with Crippen molar-refractivity contribution in [2.75, 3.05) is 50.7 Å². The van der Waals surface area contributed by atoms with E-state index in [4.69, 9.17) is 11.6 Å². The van der Waals surface area contributed by atoms with Crippen LogP contribution in [0.2, 0.25) is 5.02 Å². The number of pyridine rings is 2. The van der Waals surface area contributed by atoms with Crippen LogP contribution < -0.4 is 10.5 Å². The molecule has 2 aliphatic heterocycles. The summed E-state index contributed by atoms with van der Waals surface area (Å²) in [6.45, 7) is 8.20. The maximum atomic E-state index is 12.5. The second-order valence-electron chi connectivity index (χ2n) is 8.88. The number of hydrogen-bond donors (Lipinski definition) is 0. The van der Waals surface area contributed by atoms with Gasteiger partial charge in [0, 0.05) is 64.3 Å². The van der Waals surface area contributed by atoms with Crippen LogP contribution in [-0.2, 0) is 6.54 Å². The summed E-state index contributed by atoms with van der Waals surface area (Å²) >= 11 is 6.02. The zero-order chi connectivity index (χ0) is 21.9. The van der Waals surface area contributed by atoms with Gasteiger partial charge in [-0.15, -0.1) is 0 Å². The number of hydrogen-bond acceptors (Lipinski definition) is 6. The lowest BCUT2D eigenvalue weighted by atomic mass is 9.97. The first-order chi connectivity index (χ1) is 15.6. The molecule has 7 nitrogen and oxygen atoms in total. The van der Waals surface area contributed by atoms with E-state index in [0.29, 0.717) is 16.6 Å². The Morgan fingerprint density at radius 1 is 1.03 bits per heavy atom. The van der Waals surface area contributed by atoms with E-state index in [9.17, 15) is 4.79 Å². The van der Waals surface area contributed by atoms with E-state index >= 15 is 0 Å². The van der Waals surface area contributed by atoms with Gasteiger partial charge in [-0.3, -0.25) is 19.0 Å². The Bertz CT molecular complexity index is 1110. The molecule has 0 spiro atoms. The van der Waals surface area contributed by atoms with Gasteiger partial charge in [0.1, 0.15) is 11.5 Å². The van der Waals surface area contributed by atoms with E-state index in [1.54, 1.807) is 24.4 Å². The fourth-order valence-electron chi connectivity index (χ4n) is 4.95. The van der Waals surface area contributed by atoms with Gasteiger partial charge in [0.15, 0.2) is 0 Å². The molecule has 2 fully saturated rings. The fraction of sp³-hybridized carbons (Fsp3) is 0.458. The fourth-order valence-corrected chi connectivity index (χ4v) is 5.11. The Hall–Kier alpha value is -2.48.